The van der Waals surface area contributed by atoms with Crippen molar-refractivity contribution in [3.63, 3.8) is 0 Å². The number of aryl methyl sites for hydroxylation is 1. The van der Waals surface area contributed by atoms with Crippen molar-refractivity contribution in [2.45, 2.75) is 39.8 Å². The Morgan fingerprint density at radius 2 is 1.70 bits per heavy atom. The van der Waals surface area contributed by atoms with Crippen molar-refractivity contribution in [2.75, 3.05) is 23.7 Å². The van der Waals surface area contributed by atoms with Crippen LogP contribution in [0, 0.1) is 6.92 Å². The fourth-order valence-corrected chi connectivity index (χ4v) is 4.59. The maximum Gasteiger partial charge on any atom is 0.244 e. The molecule has 0 aliphatic rings. The van der Waals surface area contributed by atoms with Crippen molar-refractivity contribution in [3.05, 3.63) is 63.6 Å². The van der Waals surface area contributed by atoms with Gasteiger partial charge in [-0.2, -0.15) is 0 Å². The molecule has 180 valence electrons. The maximum atomic E-state index is 13.5. The monoisotopic (exact) mass is 513 g/mol. The lowest BCUT2D eigenvalue weighted by Crippen LogP contribution is -2.51. The Kier molecular flexibility index (Phi) is 9.57. The van der Waals surface area contributed by atoms with Crippen LogP contribution >= 0.6 is 23.2 Å². The average molecular weight is 514 g/mol. The molecule has 0 aliphatic carbocycles. The fraction of sp³-hybridized carbons (Fsp3) is 0.391. The van der Waals surface area contributed by atoms with Gasteiger partial charge in [0.1, 0.15) is 12.6 Å². The highest BCUT2D eigenvalue weighted by atomic mass is 35.5. The summed E-state index contributed by atoms with van der Waals surface area (Å²) in [7, 11) is -3.85. The molecule has 10 heteroatoms. The second-order valence-corrected chi connectivity index (χ2v) is 10.6. The standard InChI is InChI=1S/C23H29Cl2N3O4S/c1-5-10-26-23(30)17(3)27(14-18-9-7-6-8-16(18)2)22(29)15-28(33(4,31)32)21-12-19(24)11-20(25)13-21/h6-9,11-13,17H,5,10,14-15H2,1-4H3,(H,26,30)/t17-/m0/s1. The number of benzene rings is 2. The number of hydrogen-bond donors (Lipinski definition) is 1. The summed E-state index contributed by atoms with van der Waals surface area (Å²) in [6.07, 6.45) is 1.75. The van der Waals surface area contributed by atoms with Crippen LogP contribution in [0.2, 0.25) is 10.0 Å². The van der Waals surface area contributed by atoms with E-state index in [4.69, 9.17) is 23.2 Å². The van der Waals surface area contributed by atoms with Crippen molar-refractivity contribution in [3.8, 4) is 0 Å². The Hall–Kier alpha value is -2.29. The van der Waals surface area contributed by atoms with Crippen LogP contribution in [0.25, 0.3) is 0 Å². The van der Waals surface area contributed by atoms with Crippen molar-refractivity contribution < 1.29 is 18.0 Å². The van der Waals surface area contributed by atoms with Crippen LogP contribution in [0.15, 0.2) is 42.5 Å². The zero-order valence-electron chi connectivity index (χ0n) is 19.1. The molecule has 1 N–H and O–H groups in total. The third kappa shape index (κ3) is 7.62. The van der Waals surface area contributed by atoms with Gasteiger partial charge in [-0.1, -0.05) is 54.4 Å². The van der Waals surface area contributed by atoms with Crippen LogP contribution < -0.4 is 9.62 Å². The molecule has 0 unspecified atom stereocenters. The molecule has 2 aromatic carbocycles. The van der Waals surface area contributed by atoms with Crippen LogP contribution in [-0.2, 0) is 26.2 Å². The van der Waals surface area contributed by atoms with E-state index in [1.807, 2.05) is 38.1 Å². The second-order valence-electron chi connectivity index (χ2n) is 7.81. The first-order valence-corrected chi connectivity index (χ1v) is 13.1. The Balaban J connectivity index is 2.42. The summed E-state index contributed by atoms with van der Waals surface area (Å²) in [6.45, 7) is 5.60. The second kappa shape index (κ2) is 11.7. The normalized spacial score (nSPS) is 12.2. The Labute approximate surface area is 205 Å². The Morgan fingerprint density at radius 3 is 2.24 bits per heavy atom. The molecule has 1 atom stereocenters. The molecule has 0 aliphatic heterocycles. The van der Waals surface area contributed by atoms with Gasteiger partial charge < -0.3 is 10.2 Å². The number of carbonyl (C=O) groups excluding carboxylic acids is 2. The molecule has 0 saturated heterocycles. The lowest BCUT2D eigenvalue weighted by molar-refractivity contribution is -0.139. The molecule has 0 heterocycles. The molecule has 0 aromatic heterocycles. The fourth-order valence-electron chi connectivity index (χ4n) is 3.25. The van der Waals surface area contributed by atoms with E-state index in [-0.39, 0.29) is 28.2 Å². The smallest absolute Gasteiger partial charge is 0.244 e. The van der Waals surface area contributed by atoms with E-state index < -0.39 is 28.5 Å². The highest BCUT2D eigenvalue weighted by molar-refractivity contribution is 7.92. The number of hydrogen-bond acceptors (Lipinski definition) is 4. The van der Waals surface area contributed by atoms with E-state index in [9.17, 15) is 18.0 Å². The highest BCUT2D eigenvalue weighted by Gasteiger charge is 2.30. The van der Waals surface area contributed by atoms with Gasteiger partial charge in [0, 0.05) is 23.1 Å². The average Bonchev–Trinajstić information content (AvgIpc) is 2.73. The number of anilines is 1. The molecule has 2 amide bonds. The third-order valence-electron chi connectivity index (χ3n) is 5.13. The van der Waals surface area contributed by atoms with E-state index >= 15 is 0 Å². The van der Waals surface area contributed by atoms with Gasteiger partial charge in [-0.15, -0.1) is 0 Å². The van der Waals surface area contributed by atoms with E-state index in [1.54, 1.807) is 6.92 Å². The van der Waals surface area contributed by atoms with Gasteiger partial charge in [0.25, 0.3) is 0 Å². The minimum atomic E-state index is -3.85. The Bertz CT molecular complexity index is 1090. The first-order valence-electron chi connectivity index (χ1n) is 10.5. The summed E-state index contributed by atoms with van der Waals surface area (Å²) in [6, 6.07) is 11.0. The van der Waals surface area contributed by atoms with Crippen LogP contribution in [0.3, 0.4) is 0 Å². The zero-order valence-corrected chi connectivity index (χ0v) is 21.5. The van der Waals surface area contributed by atoms with Gasteiger partial charge in [0.2, 0.25) is 21.8 Å². The van der Waals surface area contributed by atoms with Crippen molar-refractivity contribution >= 4 is 50.7 Å². The molecule has 2 aromatic rings. The molecule has 0 radical (unpaired) electrons. The summed E-state index contributed by atoms with van der Waals surface area (Å²) in [5, 5.41) is 3.28. The number of rotatable bonds is 10. The summed E-state index contributed by atoms with van der Waals surface area (Å²) in [5.74, 6) is -0.839. The predicted molar refractivity (Wildman–Crippen MR) is 133 cm³/mol. The highest BCUT2D eigenvalue weighted by Crippen LogP contribution is 2.27. The number of halogens is 2. The molecule has 0 bridgehead atoms. The zero-order chi connectivity index (χ0) is 24.8. The van der Waals surface area contributed by atoms with Gasteiger partial charge in [-0.3, -0.25) is 13.9 Å². The summed E-state index contributed by atoms with van der Waals surface area (Å²) < 4.78 is 26.1. The van der Waals surface area contributed by atoms with Crippen LogP contribution in [-0.4, -0.2) is 50.5 Å². The first kappa shape index (κ1) is 27.0. The van der Waals surface area contributed by atoms with Crippen molar-refractivity contribution in [1.82, 2.24) is 10.2 Å². The molecule has 0 spiro atoms. The van der Waals surface area contributed by atoms with E-state index in [2.05, 4.69) is 5.32 Å². The van der Waals surface area contributed by atoms with Gasteiger partial charge in [-0.25, -0.2) is 8.42 Å². The van der Waals surface area contributed by atoms with E-state index in [0.29, 0.717) is 6.54 Å². The van der Waals surface area contributed by atoms with Crippen LogP contribution in [0.1, 0.15) is 31.4 Å². The number of amides is 2. The predicted octanol–water partition coefficient (Wildman–Crippen LogP) is 4.01. The summed E-state index contributed by atoms with van der Waals surface area (Å²) in [4.78, 5) is 27.5. The minimum absolute atomic E-state index is 0.153. The lowest BCUT2D eigenvalue weighted by atomic mass is 10.1. The lowest BCUT2D eigenvalue weighted by Gasteiger charge is -2.32. The van der Waals surface area contributed by atoms with Crippen LogP contribution in [0.5, 0.6) is 0 Å². The minimum Gasteiger partial charge on any atom is -0.354 e. The van der Waals surface area contributed by atoms with Gasteiger partial charge >= 0.3 is 0 Å². The molecular formula is C23H29Cl2N3O4S. The SMILES string of the molecule is CCCNC(=O)[C@H](C)N(Cc1ccccc1C)C(=O)CN(c1cc(Cl)cc(Cl)c1)S(C)(=O)=O. The third-order valence-corrected chi connectivity index (χ3v) is 6.71. The maximum absolute atomic E-state index is 13.5. The van der Waals surface area contributed by atoms with Gasteiger partial charge in [0.05, 0.1) is 11.9 Å². The topological polar surface area (TPSA) is 86.8 Å². The van der Waals surface area contributed by atoms with Gasteiger partial charge in [-0.05, 0) is 49.6 Å². The quantitative estimate of drug-likeness (QED) is 0.519. The number of nitrogens with zero attached hydrogens (tertiary/aromatic N) is 2. The molecule has 0 saturated carbocycles. The molecule has 7 nitrogen and oxygen atoms in total. The number of sulfonamides is 1. The molecule has 2 rings (SSSR count). The van der Waals surface area contributed by atoms with Crippen molar-refractivity contribution in [1.29, 1.82) is 0 Å². The number of carbonyl (C=O) groups is 2. The van der Waals surface area contributed by atoms with E-state index in [1.165, 1.54) is 23.1 Å². The molecular weight excluding hydrogens is 485 g/mol. The molecule has 0 fully saturated rings. The van der Waals surface area contributed by atoms with Crippen LogP contribution in [0.4, 0.5) is 5.69 Å². The van der Waals surface area contributed by atoms with Gasteiger partial charge in [0.15, 0.2) is 0 Å². The largest absolute Gasteiger partial charge is 0.354 e. The molecule has 33 heavy (non-hydrogen) atoms. The number of nitrogens with one attached hydrogen (secondary N) is 1. The Morgan fingerprint density at radius 1 is 1.09 bits per heavy atom. The summed E-state index contributed by atoms with van der Waals surface area (Å²) in [5.41, 5.74) is 1.98. The van der Waals surface area contributed by atoms with Crippen molar-refractivity contribution in [2.24, 2.45) is 0 Å². The summed E-state index contributed by atoms with van der Waals surface area (Å²) >= 11 is 12.1. The first-order chi connectivity index (χ1) is 15.4. The van der Waals surface area contributed by atoms with E-state index in [0.717, 1.165) is 28.1 Å².